The molecule has 4 rings (SSSR count). The van der Waals surface area contributed by atoms with Crippen LogP contribution in [0.15, 0.2) is 54.7 Å². The fourth-order valence-corrected chi connectivity index (χ4v) is 3.76. The van der Waals surface area contributed by atoms with Gasteiger partial charge in [0, 0.05) is 36.2 Å². The van der Waals surface area contributed by atoms with E-state index >= 15 is 0 Å². The number of amides is 1. The number of pyridine rings is 1. The van der Waals surface area contributed by atoms with Crippen LogP contribution in [0.2, 0.25) is 0 Å². The number of anilines is 1. The van der Waals surface area contributed by atoms with Crippen LogP contribution in [0.3, 0.4) is 0 Å². The lowest BCUT2D eigenvalue weighted by atomic mass is 9.95. The van der Waals surface area contributed by atoms with E-state index in [1.807, 2.05) is 42.6 Å². The third kappa shape index (κ3) is 3.22. The van der Waals surface area contributed by atoms with Gasteiger partial charge >= 0.3 is 0 Å². The number of carbonyl (C=O) groups is 1. The second-order valence-electron chi connectivity index (χ2n) is 6.89. The summed E-state index contributed by atoms with van der Waals surface area (Å²) in [6.07, 6.45) is 3.44. The number of aromatic nitrogens is 1. The van der Waals surface area contributed by atoms with Crippen LogP contribution in [0, 0.1) is 17.2 Å². The first-order chi connectivity index (χ1) is 13.2. The van der Waals surface area contributed by atoms with Crippen molar-refractivity contribution in [2.75, 3.05) is 18.0 Å². The number of primary amides is 1. The van der Waals surface area contributed by atoms with Crippen molar-refractivity contribution in [3.63, 3.8) is 0 Å². The van der Waals surface area contributed by atoms with Gasteiger partial charge in [0.15, 0.2) is 0 Å². The number of benzene rings is 2. The summed E-state index contributed by atoms with van der Waals surface area (Å²) in [5, 5.41) is 11.2. The Morgan fingerprint density at radius 3 is 2.37 bits per heavy atom. The van der Waals surface area contributed by atoms with Crippen molar-refractivity contribution < 1.29 is 4.79 Å². The molecule has 0 aliphatic carbocycles. The van der Waals surface area contributed by atoms with E-state index in [0.29, 0.717) is 5.56 Å². The standard InChI is InChI=1S/C22H20N4O/c23-13-15-5-7-16(8-6-15)20-14-25-22(19-4-2-1-3-18(19)20)26-11-9-17(10-12-26)21(24)27/h1-8,14,17H,9-12H2,(H2,24,27). The van der Waals surface area contributed by atoms with Crippen molar-refractivity contribution in [3.8, 4) is 17.2 Å². The summed E-state index contributed by atoms with van der Waals surface area (Å²) in [6.45, 7) is 1.56. The van der Waals surface area contributed by atoms with Crippen molar-refractivity contribution in [3.05, 3.63) is 60.3 Å². The number of nitrogens with two attached hydrogens (primary N) is 1. The molecular weight excluding hydrogens is 336 g/mol. The molecule has 2 heterocycles. The lowest BCUT2D eigenvalue weighted by Crippen LogP contribution is -2.39. The maximum Gasteiger partial charge on any atom is 0.220 e. The molecule has 0 saturated carbocycles. The number of fused-ring (bicyclic) bond motifs is 1. The minimum Gasteiger partial charge on any atom is -0.369 e. The molecule has 0 radical (unpaired) electrons. The van der Waals surface area contributed by atoms with Crippen molar-refractivity contribution in [1.82, 2.24) is 4.98 Å². The van der Waals surface area contributed by atoms with Crippen LogP contribution in [0.25, 0.3) is 21.9 Å². The molecule has 1 saturated heterocycles. The van der Waals surface area contributed by atoms with E-state index in [2.05, 4.69) is 23.1 Å². The molecule has 5 heteroatoms. The first kappa shape index (κ1) is 17.0. The maximum absolute atomic E-state index is 11.4. The van der Waals surface area contributed by atoms with Crippen molar-refractivity contribution in [1.29, 1.82) is 5.26 Å². The smallest absolute Gasteiger partial charge is 0.220 e. The van der Waals surface area contributed by atoms with E-state index < -0.39 is 0 Å². The number of piperidine rings is 1. The second-order valence-corrected chi connectivity index (χ2v) is 6.89. The van der Waals surface area contributed by atoms with Gasteiger partial charge in [-0.2, -0.15) is 5.26 Å². The van der Waals surface area contributed by atoms with Crippen molar-refractivity contribution in [2.45, 2.75) is 12.8 Å². The molecular formula is C22H20N4O. The van der Waals surface area contributed by atoms with E-state index in [0.717, 1.165) is 53.6 Å². The third-order valence-electron chi connectivity index (χ3n) is 5.30. The summed E-state index contributed by atoms with van der Waals surface area (Å²) < 4.78 is 0. The molecule has 0 spiro atoms. The lowest BCUT2D eigenvalue weighted by molar-refractivity contribution is -0.122. The molecule has 3 aromatic rings. The summed E-state index contributed by atoms with van der Waals surface area (Å²) in [5.74, 6) is 0.708. The topological polar surface area (TPSA) is 83.0 Å². The highest BCUT2D eigenvalue weighted by Gasteiger charge is 2.25. The summed E-state index contributed by atoms with van der Waals surface area (Å²) in [4.78, 5) is 18.4. The van der Waals surface area contributed by atoms with Crippen LogP contribution in [-0.2, 0) is 4.79 Å². The normalized spacial score (nSPS) is 14.9. The van der Waals surface area contributed by atoms with Crippen LogP contribution in [0.5, 0.6) is 0 Å². The summed E-state index contributed by atoms with van der Waals surface area (Å²) in [5.41, 5.74) is 8.18. The Kier molecular flexibility index (Phi) is 4.47. The Morgan fingerprint density at radius 1 is 1.07 bits per heavy atom. The van der Waals surface area contributed by atoms with Gasteiger partial charge in [-0.1, -0.05) is 36.4 Å². The summed E-state index contributed by atoms with van der Waals surface area (Å²) in [6, 6.07) is 18.0. The average Bonchev–Trinajstić information content (AvgIpc) is 2.73. The highest BCUT2D eigenvalue weighted by molar-refractivity contribution is 6.02. The number of hydrogen-bond acceptors (Lipinski definition) is 4. The molecule has 5 nitrogen and oxygen atoms in total. The molecule has 0 unspecified atom stereocenters. The summed E-state index contributed by atoms with van der Waals surface area (Å²) in [7, 11) is 0. The Bertz CT molecular complexity index is 1030. The molecule has 1 aliphatic rings. The zero-order chi connectivity index (χ0) is 18.8. The van der Waals surface area contributed by atoms with Crippen LogP contribution in [0.1, 0.15) is 18.4 Å². The molecule has 1 amide bonds. The monoisotopic (exact) mass is 356 g/mol. The first-order valence-corrected chi connectivity index (χ1v) is 9.10. The Hall–Kier alpha value is -3.39. The molecule has 0 bridgehead atoms. The molecule has 2 aromatic carbocycles. The quantitative estimate of drug-likeness (QED) is 0.779. The van der Waals surface area contributed by atoms with Crippen molar-refractivity contribution >= 4 is 22.5 Å². The highest BCUT2D eigenvalue weighted by Crippen LogP contribution is 2.34. The molecule has 27 heavy (non-hydrogen) atoms. The number of nitrogens with zero attached hydrogens (tertiary/aromatic N) is 3. The second kappa shape index (κ2) is 7.08. The minimum atomic E-state index is -0.205. The zero-order valence-corrected chi connectivity index (χ0v) is 14.9. The van der Waals surface area contributed by atoms with Gasteiger partial charge in [0.1, 0.15) is 5.82 Å². The first-order valence-electron chi connectivity index (χ1n) is 9.10. The summed E-state index contributed by atoms with van der Waals surface area (Å²) >= 11 is 0. The van der Waals surface area contributed by atoms with Gasteiger partial charge in [-0.15, -0.1) is 0 Å². The minimum absolute atomic E-state index is 0.0366. The number of carbonyl (C=O) groups excluding carboxylic acids is 1. The van der Waals surface area contributed by atoms with Gasteiger partial charge in [0.2, 0.25) is 5.91 Å². The van der Waals surface area contributed by atoms with E-state index in [1.54, 1.807) is 0 Å². The van der Waals surface area contributed by atoms with Crippen LogP contribution in [-0.4, -0.2) is 24.0 Å². The lowest BCUT2D eigenvalue weighted by Gasteiger charge is -2.32. The van der Waals surface area contributed by atoms with E-state index in [-0.39, 0.29) is 11.8 Å². The van der Waals surface area contributed by atoms with Crippen LogP contribution >= 0.6 is 0 Å². The number of hydrogen-bond donors (Lipinski definition) is 1. The van der Waals surface area contributed by atoms with Gasteiger partial charge in [-0.25, -0.2) is 4.98 Å². The zero-order valence-electron chi connectivity index (χ0n) is 14.9. The predicted octanol–water partition coefficient (Wildman–Crippen LogP) is 3.48. The number of nitriles is 1. The predicted molar refractivity (Wildman–Crippen MR) is 106 cm³/mol. The average molecular weight is 356 g/mol. The van der Waals surface area contributed by atoms with Gasteiger partial charge in [-0.3, -0.25) is 4.79 Å². The largest absolute Gasteiger partial charge is 0.369 e. The van der Waals surface area contributed by atoms with Crippen molar-refractivity contribution in [2.24, 2.45) is 11.7 Å². The molecule has 1 fully saturated rings. The fraction of sp³-hybridized carbons (Fsp3) is 0.227. The highest BCUT2D eigenvalue weighted by atomic mass is 16.1. The molecule has 2 N–H and O–H groups in total. The number of rotatable bonds is 3. The molecule has 0 atom stereocenters. The maximum atomic E-state index is 11.4. The Labute approximate surface area is 158 Å². The molecule has 1 aliphatic heterocycles. The van der Waals surface area contributed by atoms with Gasteiger partial charge in [0.05, 0.1) is 11.6 Å². The van der Waals surface area contributed by atoms with Gasteiger partial charge in [0.25, 0.3) is 0 Å². The van der Waals surface area contributed by atoms with E-state index in [1.165, 1.54) is 0 Å². The van der Waals surface area contributed by atoms with Crippen LogP contribution < -0.4 is 10.6 Å². The SMILES string of the molecule is N#Cc1ccc(-c2cnc(N3CCC(C(N)=O)CC3)c3ccccc23)cc1. The van der Waals surface area contributed by atoms with Gasteiger partial charge in [-0.05, 0) is 35.9 Å². The third-order valence-corrected chi connectivity index (χ3v) is 5.30. The van der Waals surface area contributed by atoms with Crippen LogP contribution in [0.4, 0.5) is 5.82 Å². The van der Waals surface area contributed by atoms with Gasteiger partial charge < -0.3 is 10.6 Å². The molecule has 1 aromatic heterocycles. The Morgan fingerprint density at radius 2 is 1.74 bits per heavy atom. The van der Waals surface area contributed by atoms with E-state index in [9.17, 15) is 4.79 Å². The van der Waals surface area contributed by atoms with E-state index in [4.69, 9.17) is 16.0 Å². The molecule has 134 valence electrons. The Balaban J connectivity index is 1.73. The fourth-order valence-electron chi connectivity index (χ4n) is 3.76.